The number of hydrogen-bond donors (Lipinski definition) is 2. The van der Waals surface area contributed by atoms with Gasteiger partial charge in [-0.25, -0.2) is 0 Å². The summed E-state index contributed by atoms with van der Waals surface area (Å²) in [5, 5.41) is 3.16. The lowest BCUT2D eigenvalue weighted by atomic mass is 10.0. The summed E-state index contributed by atoms with van der Waals surface area (Å²) >= 11 is 0. The van der Waals surface area contributed by atoms with E-state index < -0.39 is 0 Å². The van der Waals surface area contributed by atoms with E-state index in [0.29, 0.717) is 37.8 Å². The molecule has 2 aliphatic rings. The van der Waals surface area contributed by atoms with Crippen LogP contribution in [0.1, 0.15) is 39.5 Å². The molecular weight excluding hydrogens is 443 g/mol. The molecular formula is C19H31IN4O2. The largest absolute Gasteiger partial charge is 0.490 e. The van der Waals surface area contributed by atoms with Gasteiger partial charge in [0.25, 0.3) is 0 Å². The van der Waals surface area contributed by atoms with E-state index in [1.54, 1.807) is 0 Å². The smallest absolute Gasteiger partial charge is 0.193 e. The SMILES string of the molecule is CC1CCCCN1C(C)CN=C(N)Nc1ccc2c(c1)OCCCO2.I. The molecule has 3 rings (SSSR count). The zero-order chi connectivity index (χ0) is 17.6. The van der Waals surface area contributed by atoms with Gasteiger partial charge in [0.1, 0.15) is 0 Å². The molecule has 3 N–H and O–H groups in total. The number of aliphatic imine (C=N–C) groups is 1. The number of rotatable bonds is 4. The number of hydrogen-bond acceptors (Lipinski definition) is 4. The van der Waals surface area contributed by atoms with Gasteiger partial charge >= 0.3 is 0 Å². The zero-order valence-electron chi connectivity index (χ0n) is 15.7. The van der Waals surface area contributed by atoms with Gasteiger partial charge in [-0.2, -0.15) is 0 Å². The Morgan fingerprint density at radius 1 is 1.27 bits per heavy atom. The maximum absolute atomic E-state index is 6.07. The van der Waals surface area contributed by atoms with Crippen molar-refractivity contribution in [3.05, 3.63) is 18.2 Å². The fourth-order valence-electron chi connectivity index (χ4n) is 3.54. The molecule has 1 aromatic rings. The van der Waals surface area contributed by atoms with Gasteiger partial charge < -0.3 is 20.5 Å². The Morgan fingerprint density at radius 3 is 2.81 bits per heavy atom. The molecule has 0 amide bonds. The first kappa shape index (κ1) is 21.1. The molecule has 0 bridgehead atoms. The number of piperidine rings is 1. The predicted octanol–water partition coefficient (Wildman–Crippen LogP) is 3.46. The van der Waals surface area contributed by atoms with E-state index in [9.17, 15) is 0 Å². The molecule has 1 fully saturated rings. The van der Waals surface area contributed by atoms with Gasteiger partial charge in [0.05, 0.1) is 19.8 Å². The lowest BCUT2D eigenvalue weighted by molar-refractivity contribution is 0.118. The fourth-order valence-corrected chi connectivity index (χ4v) is 3.54. The third-order valence-corrected chi connectivity index (χ3v) is 4.97. The number of nitrogens with zero attached hydrogens (tertiary/aromatic N) is 2. The van der Waals surface area contributed by atoms with Crippen LogP contribution in [0.5, 0.6) is 11.5 Å². The minimum atomic E-state index is 0. The van der Waals surface area contributed by atoms with Crippen molar-refractivity contribution in [3.63, 3.8) is 0 Å². The fraction of sp³-hybridized carbons (Fsp3) is 0.632. The monoisotopic (exact) mass is 474 g/mol. The Kier molecular flexibility index (Phi) is 8.27. The molecule has 2 heterocycles. The van der Waals surface area contributed by atoms with Crippen LogP contribution in [0, 0.1) is 0 Å². The van der Waals surface area contributed by atoms with Crippen LogP contribution in [0.15, 0.2) is 23.2 Å². The number of ether oxygens (including phenoxy) is 2. The second-order valence-corrected chi connectivity index (χ2v) is 6.99. The van der Waals surface area contributed by atoms with E-state index in [1.165, 1.54) is 19.3 Å². The highest BCUT2D eigenvalue weighted by atomic mass is 127. The summed E-state index contributed by atoms with van der Waals surface area (Å²) in [6.07, 6.45) is 4.79. The molecule has 0 aromatic heterocycles. The Balaban J connectivity index is 0.00000243. The summed E-state index contributed by atoms with van der Waals surface area (Å²) in [5.41, 5.74) is 6.94. The number of nitrogens with two attached hydrogens (primary N) is 1. The zero-order valence-corrected chi connectivity index (χ0v) is 18.1. The van der Waals surface area contributed by atoms with Crippen molar-refractivity contribution in [1.82, 2.24) is 4.90 Å². The summed E-state index contributed by atoms with van der Waals surface area (Å²) in [6, 6.07) is 6.80. The van der Waals surface area contributed by atoms with E-state index in [4.69, 9.17) is 15.2 Å². The molecule has 1 saturated heterocycles. The molecule has 6 nitrogen and oxygen atoms in total. The Morgan fingerprint density at radius 2 is 2.04 bits per heavy atom. The normalized spacial score (nSPS) is 22.1. The Hall–Kier alpha value is -1.22. The van der Waals surface area contributed by atoms with Crippen LogP contribution in [-0.2, 0) is 0 Å². The number of halogens is 1. The third-order valence-electron chi connectivity index (χ3n) is 4.97. The van der Waals surface area contributed by atoms with Crippen molar-refractivity contribution in [2.24, 2.45) is 10.7 Å². The first-order valence-corrected chi connectivity index (χ1v) is 9.36. The van der Waals surface area contributed by atoms with Gasteiger partial charge in [0, 0.05) is 30.3 Å². The average molecular weight is 474 g/mol. The number of guanidine groups is 1. The molecule has 0 spiro atoms. The number of benzene rings is 1. The molecule has 0 radical (unpaired) electrons. The number of fused-ring (bicyclic) bond motifs is 1. The van der Waals surface area contributed by atoms with Crippen LogP contribution >= 0.6 is 24.0 Å². The number of anilines is 1. The summed E-state index contributed by atoms with van der Waals surface area (Å²) in [4.78, 5) is 7.06. The standard InChI is InChI=1S/C19H30N4O2.HI/c1-14-6-3-4-9-23(14)15(2)13-21-19(20)22-16-7-8-17-18(12-16)25-11-5-10-24-17;/h7-8,12,14-15H,3-6,9-11,13H2,1-2H3,(H3,20,21,22);1H. The van der Waals surface area contributed by atoms with Crippen LogP contribution < -0.4 is 20.5 Å². The first-order chi connectivity index (χ1) is 12.1. The lowest BCUT2D eigenvalue weighted by Crippen LogP contribution is -2.45. The van der Waals surface area contributed by atoms with Gasteiger partial charge in [-0.15, -0.1) is 24.0 Å². The van der Waals surface area contributed by atoms with Crippen LogP contribution in [-0.4, -0.2) is 49.2 Å². The second kappa shape index (κ2) is 10.2. The highest BCUT2D eigenvalue weighted by molar-refractivity contribution is 14.0. The first-order valence-electron chi connectivity index (χ1n) is 9.36. The van der Waals surface area contributed by atoms with Gasteiger partial charge in [-0.1, -0.05) is 6.42 Å². The molecule has 146 valence electrons. The van der Waals surface area contributed by atoms with Crippen molar-refractivity contribution in [3.8, 4) is 11.5 Å². The quantitative estimate of drug-likeness (QED) is 0.398. The third kappa shape index (κ3) is 5.64. The summed E-state index contributed by atoms with van der Waals surface area (Å²) in [5.74, 6) is 1.98. The summed E-state index contributed by atoms with van der Waals surface area (Å²) in [7, 11) is 0. The predicted molar refractivity (Wildman–Crippen MR) is 117 cm³/mol. The maximum atomic E-state index is 6.07. The molecule has 0 saturated carbocycles. The molecule has 1 aromatic carbocycles. The van der Waals surface area contributed by atoms with Gasteiger partial charge in [-0.05, 0) is 45.4 Å². The molecule has 26 heavy (non-hydrogen) atoms. The Labute approximate surface area is 173 Å². The second-order valence-electron chi connectivity index (χ2n) is 6.99. The number of nitrogens with one attached hydrogen (secondary N) is 1. The summed E-state index contributed by atoms with van der Waals surface area (Å²) in [6.45, 7) is 7.76. The van der Waals surface area contributed by atoms with Gasteiger partial charge in [-0.3, -0.25) is 9.89 Å². The molecule has 2 unspecified atom stereocenters. The topological polar surface area (TPSA) is 72.1 Å². The Bertz CT molecular complexity index is 611. The van der Waals surface area contributed by atoms with E-state index >= 15 is 0 Å². The number of likely N-dealkylation sites (tertiary alicyclic amines) is 1. The summed E-state index contributed by atoms with van der Waals surface area (Å²) < 4.78 is 11.4. The van der Waals surface area contributed by atoms with Crippen molar-refractivity contribution in [2.45, 2.75) is 51.6 Å². The van der Waals surface area contributed by atoms with Crippen LogP contribution in [0.25, 0.3) is 0 Å². The minimum absolute atomic E-state index is 0. The minimum Gasteiger partial charge on any atom is -0.490 e. The van der Waals surface area contributed by atoms with Crippen LogP contribution in [0.3, 0.4) is 0 Å². The van der Waals surface area contributed by atoms with Crippen LogP contribution in [0.2, 0.25) is 0 Å². The molecule has 2 aliphatic heterocycles. The highest BCUT2D eigenvalue weighted by Crippen LogP contribution is 2.32. The van der Waals surface area contributed by atoms with E-state index in [0.717, 1.165) is 30.2 Å². The molecule has 0 aliphatic carbocycles. The van der Waals surface area contributed by atoms with Crippen molar-refractivity contribution >= 4 is 35.6 Å². The molecule has 7 heteroatoms. The van der Waals surface area contributed by atoms with E-state index in [2.05, 4.69) is 29.1 Å². The van der Waals surface area contributed by atoms with Gasteiger partial charge in [0.2, 0.25) is 0 Å². The van der Waals surface area contributed by atoms with E-state index in [1.807, 2.05) is 18.2 Å². The molecule has 2 atom stereocenters. The van der Waals surface area contributed by atoms with Gasteiger partial charge in [0.15, 0.2) is 17.5 Å². The average Bonchev–Trinajstić information content (AvgIpc) is 2.85. The van der Waals surface area contributed by atoms with Crippen molar-refractivity contribution in [1.29, 1.82) is 0 Å². The maximum Gasteiger partial charge on any atom is 0.193 e. The van der Waals surface area contributed by atoms with Crippen molar-refractivity contribution < 1.29 is 9.47 Å². The van der Waals surface area contributed by atoms with Crippen LogP contribution in [0.4, 0.5) is 5.69 Å². The van der Waals surface area contributed by atoms with E-state index in [-0.39, 0.29) is 24.0 Å². The highest BCUT2D eigenvalue weighted by Gasteiger charge is 2.22. The van der Waals surface area contributed by atoms with Crippen molar-refractivity contribution in [2.75, 3.05) is 31.6 Å². The lowest BCUT2D eigenvalue weighted by Gasteiger charge is -2.37.